The predicted molar refractivity (Wildman–Crippen MR) is 107 cm³/mol. The molecule has 2 aromatic carbocycles. The molecular weight excluding hydrogens is 467 g/mol. The van der Waals surface area contributed by atoms with Crippen LogP contribution in [-0.2, 0) is 16.2 Å². The molecule has 1 N–H and O–H groups in total. The quantitative estimate of drug-likeness (QED) is 0.446. The largest absolute Gasteiger partial charge is 0.419 e. The lowest BCUT2D eigenvalue weighted by molar-refractivity contribution is -0.140. The minimum absolute atomic E-state index is 0.132. The molecule has 0 aliphatic carbocycles. The summed E-state index contributed by atoms with van der Waals surface area (Å²) in [6.07, 6.45) is -5.04. The van der Waals surface area contributed by atoms with E-state index in [1.54, 1.807) is 31.2 Å². The number of aromatic nitrogens is 1. The minimum atomic E-state index is -5.04. The highest BCUT2D eigenvalue weighted by Gasteiger charge is 2.35. The SMILES string of the molecule is Cc1nc(NS(=O)(=O)c2ccc(F)c(C(F)(F)F)c2)ccc1-c1cccc(Cl)c1Cl. The first-order valence-corrected chi connectivity index (χ1v) is 10.5. The van der Waals surface area contributed by atoms with Gasteiger partial charge in [-0.05, 0) is 43.3 Å². The molecule has 0 aliphatic heterocycles. The summed E-state index contributed by atoms with van der Waals surface area (Å²) in [7, 11) is -4.45. The van der Waals surface area contributed by atoms with Crippen LogP contribution in [0.4, 0.5) is 23.4 Å². The van der Waals surface area contributed by atoms with Crippen molar-refractivity contribution < 1.29 is 26.0 Å². The first kappa shape index (κ1) is 22.3. The molecule has 0 amide bonds. The van der Waals surface area contributed by atoms with Crippen LogP contribution in [0.1, 0.15) is 11.3 Å². The van der Waals surface area contributed by atoms with Gasteiger partial charge in [0.2, 0.25) is 0 Å². The maximum Gasteiger partial charge on any atom is 0.419 e. The number of benzene rings is 2. The summed E-state index contributed by atoms with van der Waals surface area (Å²) in [6, 6.07) is 9.28. The van der Waals surface area contributed by atoms with Gasteiger partial charge in [-0.15, -0.1) is 0 Å². The number of aryl methyl sites for hydroxylation is 1. The zero-order chi connectivity index (χ0) is 22.3. The van der Waals surface area contributed by atoms with E-state index in [4.69, 9.17) is 23.2 Å². The number of hydrogen-bond acceptors (Lipinski definition) is 3. The van der Waals surface area contributed by atoms with Crippen molar-refractivity contribution in [2.24, 2.45) is 0 Å². The number of nitrogens with zero attached hydrogens (tertiary/aromatic N) is 1. The number of rotatable bonds is 4. The van der Waals surface area contributed by atoms with Gasteiger partial charge in [0.25, 0.3) is 10.0 Å². The van der Waals surface area contributed by atoms with Crippen LogP contribution in [0.3, 0.4) is 0 Å². The Morgan fingerprint density at radius 1 is 1.00 bits per heavy atom. The second-order valence-electron chi connectivity index (χ2n) is 6.18. The van der Waals surface area contributed by atoms with Crippen LogP contribution in [0.25, 0.3) is 11.1 Å². The summed E-state index contributed by atoms with van der Waals surface area (Å²) in [5, 5.41) is 0.624. The first-order chi connectivity index (χ1) is 13.9. The lowest BCUT2D eigenvalue weighted by Crippen LogP contribution is -2.16. The van der Waals surface area contributed by atoms with E-state index in [0.29, 0.717) is 32.9 Å². The fraction of sp³-hybridized carbons (Fsp3) is 0.105. The lowest BCUT2D eigenvalue weighted by Gasteiger charge is -2.13. The van der Waals surface area contributed by atoms with Crippen LogP contribution in [0.15, 0.2) is 53.4 Å². The first-order valence-electron chi connectivity index (χ1n) is 8.22. The number of halogens is 6. The van der Waals surface area contributed by atoms with Gasteiger partial charge in [0.1, 0.15) is 11.6 Å². The molecule has 30 heavy (non-hydrogen) atoms. The Hall–Kier alpha value is -2.36. The van der Waals surface area contributed by atoms with Crippen LogP contribution in [0.2, 0.25) is 10.0 Å². The van der Waals surface area contributed by atoms with Crippen LogP contribution in [0.5, 0.6) is 0 Å². The van der Waals surface area contributed by atoms with Gasteiger partial charge >= 0.3 is 6.18 Å². The number of hydrogen-bond donors (Lipinski definition) is 1. The Morgan fingerprint density at radius 2 is 1.70 bits per heavy atom. The second kappa shape index (κ2) is 8.05. The minimum Gasteiger partial charge on any atom is -0.263 e. The summed E-state index contributed by atoms with van der Waals surface area (Å²) in [6.45, 7) is 1.60. The van der Waals surface area contributed by atoms with E-state index in [1.165, 1.54) is 6.07 Å². The topological polar surface area (TPSA) is 59.1 Å². The third-order valence-electron chi connectivity index (χ3n) is 4.12. The maximum absolute atomic E-state index is 13.4. The standard InChI is InChI=1S/C19H12Cl2F4N2O2S/c1-10-12(13-3-2-4-15(20)18(13)21)6-8-17(26-10)27-30(28,29)11-5-7-16(22)14(9-11)19(23,24)25/h2-9H,1H3,(H,26,27). The molecule has 1 aromatic heterocycles. The molecule has 0 unspecified atom stereocenters. The summed E-state index contributed by atoms with van der Waals surface area (Å²) < 4.78 is 79.1. The lowest BCUT2D eigenvalue weighted by atomic mass is 10.0. The number of pyridine rings is 1. The van der Waals surface area contributed by atoms with Crippen molar-refractivity contribution in [3.63, 3.8) is 0 Å². The van der Waals surface area contributed by atoms with Gasteiger partial charge in [0, 0.05) is 16.8 Å². The Balaban J connectivity index is 1.95. The molecule has 0 saturated carbocycles. The van der Waals surface area contributed by atoms with E-state index in [1.807, 2.05) is 0 Å². The van der Waals surface area contributed by atoms with Gasteiger partial charge in [-0.25, -0.2) is 17.8 Å². The molecular formula is C19H12Cl2F4N2O2S. The van der Waals surface area contributed by atoms with Gasteiger partial charge < -0.3 is 0 Å². The third-order valence-corrected chi connectivity index (χ3v) is 6.29. The molecule has 0 spiro atoms. The van der Waals surface area contributed by atoms with Crippen molar-refractivity contribution in [3.05, 3.63) is 75.7 Å². The van der Waals surface area contributed by atoms with Gasteiger partial charge in [-0.3, -0.25) is 4.72 Å². The molecule has 11 heteroatoms. The average Bonchev–Trinajstić information content (AvgIpc) is 2.63. The van der Waals surface area contributed by atoms with Crippen molar-refractivity contribution in [3.8, 4) is 11.1 Å². The molecule has 1 heterocycles. The van der Waals surface area contributed by atoms with Gasteiger partial charge in [-0.1, -0.05) is 35.3 Å². The molecule has 0 atom stereocenters. The maximum atomic E-state index is 13.4. The van der Waals surface area contributed by atoms with Gasteiger partial charge in [0.15, 0.2) is 0 Å². The molecule has 3 rings (SSSR count). The molecule has 158 valence electrons. The summed E-state index contributed by atoms with van der Waals surface area (Å²) >= 11 is 12.2. The van der Waals surface area contributed by atoms with Gasteiger partial charge in [-0.2, -0.15) is 13.2 Å². The van der Waals surface area contributed by atoms with Crippen LogP contribution in [0, 0.1) is 12.7 Å². The van der Waals surface area contributed by atoms with Crippen LogP contribution >= 0.6 is 23.2 Å². The normalized spacial score (nSPS) is 12.1. The van der Waals surface area contributed by atoms with Gasteiger partial charge in [0.05, 0.1) is 20.5 Å². The van der Waals surface area contributed by atoms with Crippen molar-refractivity contribution in [1.82, 2.24) is 4.98 Å². The molecule has 4 nitrogen and oxygen atoms in total. The Morgan fingerprint density at radius 3 is 2.33 bits per heavy atom. The van der Waals surface area contributed by atoms with Crippen molar-refractivity contribution in [2.75, 3.05) is 4.72 Å². The van der Waals surface area contributed by atoms with E-state index >= 15 is 0 Å². The number of anilines is 1. The van der Waals surface area contributed by atoms with E-state index in [9.17, 15) is 26.0 Å². The van der Waals surface area contributed by atoms with Crippen molar-refractivity contribution in [1.29, 1.82) is 0 Å². The monoisotopic (exact) mass is 478 g/mol. The second-order valence-corrected chi connectivity index (χ2v) is 8.64. The highest BCUT2D eigenvalue weighted by Crippen LogP contribution is 2.36. The van der Waals surface area contributed by atoms with E-state index in [0.717, 1.165) is 6.07 Å². The Kier molecular flexibility index (Phi) is 5.99. The molecule has 0 radical (unpaired) electrons. The fourth-order valence-corrected chi connectivity index (χ4v) is 4.13. The average molecular weight is 479 g/mol. The predicted octanol–water partition coefficient (Wildman–Crippen LogP) is 6.32. The number of alkyl halides is 3. The zero-order valence-corrected chi connectivity index (χ0v) is 17.4. The summed E-state index contributed by atoms with van der Waals surface area (Å²) in [5.41, 5.74) is -0.113. The summed E-state index contributed by atoms with van der Waals surface area (Å²) in [5.74, 6) is -1.70. The molecule has 0 aliphatic rings. The third kappa shape index (κ3) is 4.53. The number of nitrogens with one attached hydrogen (secondary N) is 1. The fourth-order valence-electron chi connectivity index (χ4n) is 2.70. The molecule has 3 aromatic rings. The number of sulfonamides is 1. The van der Waals surface area contributed by atoms with E-state index in [-0.39, 0.29) is 11.9 Å². The van der Waals surface area contributed by atoms with Crippen molar-refractivity contribution >= 4 is 39.0 Å². The van der Waals surface area contributed by atoms with Crippen LogP contribution < -0.4 is 4.72 Å². The molecule has 0 saturated heterocycles. The molecule has 0 fully saturated rings. The Labute approximate surface area is 179 Å². The van der Waals surface area contributed by atoms with Crippen LogP contribution in [-0.4, -0.2) is 13.4 Å². The smallest absolute Gasteiger partial charge is 0.263 e. The van der Waals surface area contributed by atoms with E-state index < -0.39 is 32.5 Å². The van der Waals surface area contributed by atoms with Crippen molar-refractivity contribution in [2.45, 2.75) is 18.0 Å². The molecule has 0 bridgehead atoms. The van der Waals surface area contributed by atoms with E-state index in [2.05, 4.69) is 9.71 Å². The zero-order valence-electron chi connectivity index (χ0n) is 15.1. The highest BCUT2D eigenvalue weighted by atomic mass is 35.5. The Bertz CT molecular complexity index is 1230. The summed E-state index contributed by atoms with van der Waals surface area (Å²) in [4.78, 5) is 3.38. The highest BCUT2D eigenvalue weighted by molar-refractivity contribution is 7.92.